The molecule has 10 heteroatoms. The number of rotatable bonds is 0. The molecule has 0 aliphatic heterocycles. The van der Waals surface area contributed by atoms with E-state index in [0.717, 1.165) is 0 Å². The van der Waals surface area contributed by atoms with Crippen molar-refractivity contribution in [1.82, 2.24) is 0 Å². The Labute approximate surface area is 340 Å². The van der Waals surface area contributed by atoms with E-state index in [1.54, 1.807) is 0 Å². The molecule has 0 bridgehead atoms. The smallest absolute Gasteiger partial charge is 0 e. The number of hydrogen-bond donors (Lipinski definition) is 0. The van der Waals surface area contributed by atoms with E-state index in [9.17, 15) is 0 Å². The van der Waals surface area contributed by atoms with E-state index in [0.29, 0.717) is 0 Å². The third kappa shape index (κ3) is 50.4. The van der Waals surface area contributed by atoms with Gasteiger partial charge in [0.1, 0.15) is 0 Å². The Kier molecular flexibility index (Phi) is 400. The van der Waals surface area contributed by atoms with Gasteiger partial charge in [0.15, 0.2) is 0 Å². The van der Waals surface area contributed by atoms with E-state index < -0.39 is 0 Å². The second kappa shape index (κ2) is 58.8. The standard InChI is InChI=1S/7Ce.3Pd. The quantitative estimate of drug-likeness (QED) is 0.300. The maximum Gasteiger partial charge on any atom is 0 e. The van der Waals surface area contributed by atoms with Crippen LogP contribution in [0.15, 0.2) is 0 Å². The molecule has 0 aromatic carbocycles. The van der Waals surface area contributed by atoms with Gasteiger partial charge in [-0.2, -0.15) is 0 Å². The van der Waals surface area contributed by atoms with Gasteiger partial charge in [0.25, 0.3) is 0 Å². The maximum absolute atomic E-state index is 0. The van der Waals surface area contributed by atoms with Crippen LogP contribution in [0.3, 0.4) is 0 Å². The Morgan fingerprint density at radius 2 is 0.200 bits per heavy atom. The molecular weight excluding hydrogens is 1300 g/mol. The van der Waals surface area contributed by atoms with Gasteiger partial charge in [-0.05, 0) is 0 Å². The van der Waals surface area contributed by atoms with Crippen molar-refractivity contribution < 1.29 is 353 Å². The fourth-order valence-electron chi connectivity index (χ4n) is 0. The molecule has 0 aromatic heterocycles. The van der Waals surface area contributed by atoms with Crippen molar-refractivity contribution in [2.24, 2.45) is 0 Å². The zero-order valence-electron chi connectivity index (χ0n) is 4.45. The third-order valence-corrected chi connectivity index (χ3v) is 0. The van der Waals surface area contributed by atoms with Crippen LogP contribution in [0.4, 0.5) is 0 Å². The van der Waals surface area contributed by atoms with Crippen LogP contribution in [0.5, 0.6) is 0 Å². The fourth-order valence-corrected chi connectivity index (χ4v) is 0. The normalized spacial score (nSPS) is 0. The summed E-state index contributed by atoms with van der Waals surface area (Å²) in [7, 11) is 0. The number of hydrogen-bond acceptors (Lipinski definition) is 0. The van der Waals surface area contributed by atoms with Crippen LogP contribution in [0, 0.1) is 292 Å². The predicted molar refractivity (Wildman–Crippen MR) is 0 cm³/mol. The van der Waals surface area contributed by atoms with Crippen molar-refractivity contribution in [1.29, 1.82) is 0 Å². The molecule has 0 N–H and O–H groups in total. The minimum Gasteiger partial charge on any atom is 0 e. The summed E-state index contributed by atoms with van der Waals surface area (Å²) in [6.45, 7) is 0. The van der Waals surface area contributed by atoms with E-state index in [2.05, 4.69) is 0 Å². The molecule has 0 rings (SSSR count). The molecule has 0 aliphatic rings. The summed E-state index contributed by atoms with van der Waals surface area (Å²) < 4.78 is 0. The predicted octanol–water partition coefficient (Wildman–Crippen LogP) is -0.00750. The molecule has 0 unspecified atom stereocenters. The molecule has 0 nitrogen and oxygen atoms in total. The van der Waals surface area contributed by atoms with Crippen LogP contribution < -0.4 is 0 Å². The molecule has 0 aromatic rings. The SMILES string of the molecule is [Ce].[Ce].[Ce].[Ce].[Ce].[Ce].[Ce].[Pd].[Pd].[Pd]. The summed E-state index contributed by atoms with van der Waals surface area (Å²) >= 11 is 0. The van der Waals surface area contributed by atoms with E-state index in [1.807, 2.05) is 0 Å². The van der Waals surface area contributed by atoms with Gasteiger partial charge in [-0.25, -0.2) is 0 Å². The molecule has 0 atom stereocenters. The monoisotopic (exact) mass is 1300 g/mol. The van der Waals surface area contributed by atoms with Crippen molar-refractivity contribution in [3.05, 3.63) is 0 Å². The molecule has 0 saturated carbocycles. The average molecular weight is 1300 g/mol. The van der Waals surface area contributed by atoms with E-state index >= 15 is 0 Å². The van der Waals surface area contributed by atoms with E-state index in [4.69, 9.17) is 0 Å². The molecule has 10 heavy (non-hydrogen) atoms. The summed E-state index contributed by atoms with van der Waals surface area (Å²) in [4.78, 5) is 0. The largest absolute Gasteiger partial charge is 0 e. The molecule has 0 fully saturated rings. The minimum atomic E-state index is 0. The molecule has 0 spiro atoms. The molecule has 0 amide bonds. The molecule has 0 saturated heterocycles. The van der Waals surface area contributed by atoms with Gasteiger partial charge in [-0.3, -0.25) is 0 Å². The molecule has 0 aliphatic carbocycles. The van der Waals surface area contributed by atoms with Crippen molar-refractivity contribution >= 4 is 0 Å². The van der Waals surface area contributed by atoms with Crippen LogP contribution in [0.25, 0.3) is 0 Å². The van der Waals surface area contributed by atoms with E-state index in [-0.39, 0.29) is 353 Å². The average Bonchev–Trinajstić information content (AvgIpc) is 0. The topological polar surface area (TPSA) is 0 Å². The Morgan fingerprint density at radius 1 is 0.200 bits per heavy atom. The fraction of sp³-hybridized carbons (Fsp3) is 0. The van der Waals surface area contributed by atoms with Crippen LogP contribution in [0.1, 0.15) is 0 Å². The summed E-state index contributed by atoms with van der Waals surface area (Å²) in [5, 5.41) is 0. The van der Waals surface area contributed by atoms with Gasteiger partial charge in [0, 0.05) is 353 Å². The van der Waals surface area contributed by atoms with Crippen molar-refractivity contribution in [3.63, 3.8) is 0 Å². The zero-order valence-corrected chi connectivity index (χ0v) is 31.1. The van der Waals surface area contributed by atoms with Crippen molar-refractivity contribution in [3.8, 4) is 0 Å². The van der Waals surface area contributed by atoms with Crippen molar-refractivity contribution in [2.75, 3.05) is 0 Å². The van der Waals surface area contributed by atoms with Crippen LogP contribution >= 0.6 is 0 Å². The Hall–Kier alpha value is 11.6. The first-order valence-corrected chi connectivity index (χ1v) is 0. The summed E-state index contributed by atoms with van der Waals surface area (Å²) in [5.41, 5.74) is 0. The molecule has 58 valence electrons. The van der Waals surface area contributed by atoms with Gasteiger partial charge in [-0.15, -0.1) is 0 Å². The second-order valence-electron chi connectivity index (χ2n) is 0. The van der Waals surface area contributed by atoms with Crippen LogP contribution in [0.2, 0.25) is 0 Å². The summed E-state index contributed by atoms with van der Waals surface area (Å²) in [6.07, 6.45) is 0. The molecule has 0 radical (unpaired) electrons. The van der Waals surface area contributed by atoms with Gasteiger partial charge >= 0.3 is 0 Å². The Balaban J connectivity index is 0. The van der Waals surface area contributed by atoms with Crippen molar-refractivity contribution in [2.45, 2.75) is 0 Å². The third-order valence-electron chi connectivity index (χ3n) is 0. The Bertz CT molecular complexity index is 8.81. The minimum absolute atomic E-state index is 0. The van der Waals surface area contributed by atoms with Gasteiger partial charge in [0.05, 0.1) is 0 Å². The maximum atomic E-state index is 0. The molecule has 0 heterocycles. The van der Waals surface area contributed by atoms with Crippen LogP contribution in [-0.2, 0) is 61.3 Å². The first-order chi connectivity index (χ1) is 0. The van der Waals surface area contributed by atoms with E-state index in [1.165, 1.54) is 0 Å². The second-order valence-corrected chi connectivity index (χ2v) is 0. The first kappa shape index (κ1) is 68.1. The van der Waals surface area contributed by atoms with Gasteiger partial charge in [0.2, 0.25) is 0 Å². The Morgan fingerprint density at radius 3 is 0.200 bits per heavy atom. The van der Waals surface area contributed by atoms with Crippen LogP contribution in [-0.4, -0.2) is 0 Å². The molecular formula is Ce7Pd3. The first-order valence-electron chi connectivity index (χ1n) is 0. The van der Waals surface area contributed by atoms with Gasteiger partial charge < -0.3 is 0 Å². The summed E-state index contributed by atoms with van der Waals surface area (Å²) in [6, 6.07) is 0. The summed E-state index contributed by atoms with van der Waals surface area (Å²) in [5.74, 6) is 0. The van der Waals surface area contributed by atoms with Gasteiger partial charge in [-0.1, -0.05) is 0 Å². The zero-order chi connectivity index (χ0) is 0.